The van der Waals surface area contributed by atoms with Crippen LogP contribution in [0, 0.1) is 5.92 Å². The molecular formula is C11H23NS. The lowest BCUT2D eigenvalue weighted by Crippen LogP contribution is -2.48. The molecule has 0 saturated carbocycles. The highest BCUT2D eigenvalue weighted by Crippen LogP contribution is 2.29. The third-order valence-electron chi connectivity index (χ3n) is 3.38. The van der Waals surface area contributed by atoms with E-state index in [4.69, 9.17) is 0 Å². The van der Waals surface area contributed by atoms with Crippen LogP contribution < -0.4 is 0 Å². The van der Waals surface area contributed by atoms with Gasteiger partial charge in [0, 0.05) is 17.3 Å². The van der Waals surface area contributed by atoms with Crippen molar-refractivity contribution in [1.29, 1.82) is 0 Å². The second kappa shape index (κ2) is 4.70. The minimum atomic E-state index is 0.538. The van der Waals surface area contributed by atoms with Crippen LogP contribution in [-0.4, -0.2) is 28.8 Å². The van der Waals surface area contributed by atoms with Gasteiger partial charge in [-0.2, -0.15) is 12.6 Å². The summed E-state index contributed by atoms with van der Waals surface area (Å²) in [7, 11) is 0. The van der Waals surface area contributed by atoms with E-state index in [2.05, 4.69) is 45.2 Å². The average molecular weight is 201 g/mol. The molecule has 0 aromatic rings. The topological polar surface area (TPSA) is 3.24 Å². The SMILES string of the molecule is CC(S)[C@@H]1CCCN(C(C)C)[C@H]1C. The van der Waals surface area contributed by atoms with Crippen LogP contribution in [0.25, 0.3) is 0 Å². The first-order valence-corrected chi connectivity index (χ1v) is 5.99. The lowest BCUT2D eigenvalue weighted by atomic mass is 9.87. The van der Waals surface area contributed by atoms with E-state index in [1.165, 1.54) is 19.4 Å². The fraction of sp³-hybridized carbons (Fsp3) is 1.00. The number of rotatable bonds is 2. The highest BCUT2D eigenvalue weighted by molar-refractivity contribution is 7.80. The third-order valence-corrected chi connectivity index (χ3v) is 3.76. The predicted molar refractivity (Wildman–Crippen MR) is 62.5 cm³/mol. The van der Waals surface area contributed by atoms with Gasteiger partial charge >= 0.3 is 0 Å². The monoisotopic (exact) mass is 201 g/mol. The summed E-state index contributed by atoms with van der Waals surface area (Å²) in [4.78, 5) is 2.61. The van der Waals surface area contributed by atoms with Gasteiger partial charge in [-0.25, -0.2) is 0 Å². The van der Waals surface area contributed by atoms with Crippen LogP contribution in [0.4, 0.5) is 0 Å². The minimum Gasteiger partial charge on any atom is -0.298 e. The minimum absolute atomic E-state index is 0.538. The van der Waals surface area contributed by atoms with Crippen molar-refractivity contribution in [3.8, 4) is 0 Å². The molecular weight excluding hydrogens is 178 g/mol. The van der Waals surface area contributed by atoms with Gasteiger partial charge in [-0.15, -0.1) is 0 Å². The Kier molecular flexibility index (Phi) is 4.11. The molecule has 0 aromatic heterocycles. The first kappa shape index (κ1) is 11.4. The first-order chi connectivity index (χ1) is 6.04. The van der Waals surface area contributed by atoms with E-state index in [9.17, 15) is 0 Å². The first-order valence-electron chi connectivity index (χ1n) is 5.48. The molecule has 0 aromatic carbocycles. The Morgan fingerprint density at radius 2 is 1.92 bits per heavy atom. The summed E-state index contributed by atoms with van der Waals surface area (Å²) in [6, 6.07) is 1.39. The highest BCUT2D eigenvalue weighted by Gasteiger charge is 2.31. The molecule has 1 aliphatic rings. The van der Waals surface area contributed by atoms with Crippen molar-refractivity contribution in [2.24, 2.45) is 5.92 Å². The standard InChI is InChI=1S/C11H23NS/c1-8(2)12-7-5-6-11(9(12)3)10(4)13/h8-11,13H,5-7H2,1-4H3/t9-,10?,11+/m0/s1. The smallest absolute Gasteiger partial charge is 0.0108 e. The van der Waals surface area contributed by atoms with E-state index in [1.54, 1.807) is 0 Å². The van der Waals surface area contributed by atoms with Crippen molar-refractivity contribution < 1.29 is 0 Å². The second-order valence-electron chi connectivity index (χ2n) is 4.62. The number of thiol groups is 1. The Labute approximate surface area is 88.3 Å². The highest BCUT2D eigenvalue weighted by atomic mass is 32.1. The van der Waals surface area contributed by atoms with E-state index in [1.807, 2.05) is 0 Å². The van der Waals surface area contributed by atoms with E-state index in [0.717, 1.165) is 5.92 Å². The van der Waals surface area contributed by atoms with Crippen LogP contribution in [-0.2, 0) is 0 Å². The van der Waals surface area contributed by atoms with Gasteiger partial charge < -0.3 is 0 Å². The summed E-state index contributed by atoms with van der Waals surface area (Å²) < 4.78 is 0. The molecule has 1 fully saturated rings. The quantitative estimate of drug-likeness (QED) is 0.672. The lowest BCUT2D eigenvalue weighted by Gasteiger charge is -2.43. The van der Waals surface area contributed by atoms with Gasteiger partial charge in [0.2, 0.25) is 0 Å². The molecule has 2 heteroatoms. The van der Waals surface area contributed by atoms with Gasteiger partial charge in [0.25, 0.3) is 0 Å². The van der Waals surface area contributed by atoms with E-state index in [0.29, 0.717) is 17.3 Å². The molecule has 0 bridgehead atoms. The summed E-state index contributed by atoms with van der Waals surface area (Å²) in [6.07, 6.45) is 2.70. The average Bonchev–Trinajstić information content (AvgIpc) is 2.03. The van der Waals surface area contributed by atoms with Gasteiger partial charge in [-0.05, 0) is 46.1 Å². The predicted octanol–water partition coefficient (Wildman–Crippen LogP) is 2.81. The van der Waals surface area contributed by atoms with Gasteiger partial charge in [0.05, 0.1) is 0 Å². The summed E-state index contributed by atoms with van der Waals surface area (Å²) in [5.41, 5.74) is 0. The fourth-order valence-electron chi connectivity index (χ4n) is 2.57. The van der Waals surface area contributed by atoms with Crippen LogP contribution in [0.5, 0.6) is 0 Å². The van der Waals surface area contributed by atoms with Crippen molar-refractivity contribution in [2.75, 3.05) is 6.54 Å². The third kappa shape index (κ3) is 2.63. The Bertz CT molecular complexity index is 140. The largest absolute Gasteiger partial charge is 0.298 e. The molecule has 0 amide bonds. The molecule has 1 heterocycles. The number of nitrogens with zero attached hydrogens (tertiary/aromatic N) is 1. The summed E-state index contributed by atoms with van der Waals surface area (Å²) in [5, 5.41) is 0.538. The zero-order valence-corrected chi connectivity index (χ0v) is 10.2. The number of piperidine rings is 1. The Hall–Kier alpha value is 0.310. The molecule has 3 atom stereocenters. The summed E-state index contributed by atoms with van der Waals surface area (Å²) >= 11 is 4.58. The maximum absolute atomic E-state index is 4.58. The van der Waals surface area contributed by atoms with Gasteiger partial charge in [-0.1, -0.05) is 6.92 Å². The molecule has 78 valence electrons. The van der Waals surface area contributed by atoms with Crippen LogP contribution in [0.3, 0.4) is 0 Å². The van der Waals surface area contributed by atoms with E-state index < -0.39 is 0 Å². The van der Waals surface area contributed by atoms with Crippen molar-refractivity contribution in [3.63, 3.8) is 0 Å². The Morgan fingerprint density at radius 3 is 2.38 bits per heavy atom. The Balaban J connectivity index is 2.60. The Morgan fingerprint density at radius 1 is 1.31 bits per heavy atom. The number of hydrogen-bond donors (Lipinski definition) is 1. The van der Waals surface area contributed by atoms with Crippen LogP contribution in [0.1, 0.15) is 40.5 Å². The fourth-order valence-corrected chi connectivity index (χ4v) is 2.97. The number of hydrogen-bond acceptors (Lipinski definition) is 2. The molecule has 0 spiro atoms. The normalized spacial score (nSPS) is 33.7. The zero-order chi connectivity index (χ0) is 10.0. The van der Waals surface area contributed by atoms with Crippen LogP contribution >= 0.6 is 12.6 Å². The van der Waals surface area contributed by atoms with Crippen molar-refractivity contribution in [3.05, 3.63) is 0 Å². The molecule has 0 aliphatic carbocycles. The maximum atomic E-state index is 4.58. The van der Waals surface area contributed by atoms with Gasteiger partial charge in [0.1, 0.15) is 0 Å². The number of likely N-dealkylation sites (tertiary alicyclic amines) is 1. The molecule has 1 aliphatic heterocycles. The van der Waals surface area contributed by atoms with Crippen LogP contribution in [0.2, 0.25) is 0 Å². The van der Waals surface area contributed by atoms with Crippen LogP contribution in [0.15, 0.2) is 0 Å². The van der Waals surface area contributed by atoms with Gasteiger partial charge in [0.15, 0.2) is 0 Å². The molecule has 1 unspecified atom stereocenters. The van der Waals surface area contributed by atoms with Crippen molar-refractivity contribution in [1.82, 2.24) is 4.90 Å². The summed E-state index contributed by atoms with van der Waals surface area (Å²) in [6.45, 7) is 10.4. The van der Waals surface area contributed by atoms with E-state index in [-0.39, 0.29) is 0 Å². The molecule has 0 N–H and O–H groups in total. The second-order valence-corrected chi connectivity index (χ2v) is 5.43. The molecule has 1 nitrogen and oxygen atoms in total. The van der Waals surface area contributed by atoms with Crippen molar-refractivity contribution >= 4 is 12.6 Å². The maximum Gasteiger partial charge on any atom is 0.0108 e. The summed E-state index contributed by atoms with van der Waals surface area (Å²) in [5.74, 6) is 0.777. The lowest BCUT2D eigenvalue weighted by molar-refractivity contribution is 0.0762. The molecule has 0 radical (unpaired) electrons. The molecule has 1 rings (SSSR count). The van der Waals surface area contributed by atoms with Gasteiger partial charge in [-0.3, -0.25) is 4.90 Å². The zero-order valence-electron chi connectivity index (χ0n) is 9.33. The van der Waals surface area contributed by atoms with E-state index >= 15 is 0 Å². The van der Waals surface area contributed by atoms with Crippen molar-refractivity contribution in [2.45, 2.75) is 57.9 Å². The molecule has 1 saturated heterocycles. The molecule has 13 heavy (non-hydrogen) atoms.